The third kappa shape index (κ3) is 4.81. The summed E-state index contributed by atoms with van der Waals surface area (Å²) in [5.74, 6) is -1.04. The topological polar surface area (TPSA) is 92.9 Å². The molecule has 0 saturated carbocycles. The van der Waals surface area contributed by atoms with Crippen LogP contribution in [0.5, 0.6) is 5.75 Å². The number of carboxylic acid groups (broad SMARTS) is 1. The van der Waals surface area contributed by atoms with Crippen molar-refractivity contribution in [1.29, 1.82) is 0 Å². The number of carbonyl (C=O) groups excluding carboxylic acids is 1. The van der Waals surface area contributed by atoms with E-state index in [1.807, 2.05) is 24.5 Å². The maximum Gasteiger partial charge on any atom is 0.337 e. The van der Waals surface area contributed by atoms with Gasteiger partial charge in [-0.3, -0.25) is 4.79 Å². The van der Waals surface area contributed by atoms with Crippen LogP contribution in [0.4, 0.5) is 0 Å². The van der Waals surface area contributed by atoms with Crippen molar-refractivity contribution in [3.8, 4) is 11.4 Å². The summed E-state index contributed by atoms with van der Waals surface area (Å²) < 4.78 is 7.90. The third-order valence-electron chi connectivity index (χ3n) is 4.69. The second-order valence-electron chi connectivity index (χ2n) is 6.67. The molecule has 0 radical (unpaired) electrons. The fourth-order valence-corrected chi connectivity index (χ4v) is 3.83. The Morgan fingerprint density at radius 3 is 2.55 bits per heavy atom. The quantitative estimate of drug-likeness (QED) is 0.366. The molecule has 0 saturated heterocycles. The van der Waals surface area contributed by atoms with Gasteiger partial charge in [-0.1, -0.05) is 27.5 Å². The number of aryl methyl sites for hydroxylation is 1. The summed E-state index contributed by atoms with van der Waals surface area (Å²) in [5, 5.41) is 13.4. The van der Waals surface area contributed by atoms with Crippen LogP contribution in [0.3, 0.4) is 0 Å². The van der Waals surface area contributed by atoms with E-state index in [1.165, 1.54) is 13.2 Å². The van der Waals surface area contributed by atoms with Gasteiger partial charge in [0.2, 0.25) is 0 Å². The molecule has 3 rings (SSSR count). The molecule has 1 amide bonds. The van der Waals surface area contributed by atoms with Crippen molar-refractivity contribution in [2.45, 2.75) is 13.8 Å². The Morgan fingerprint density at radius 1 is 1.16 bits per heavy atom. The van der Waals surface area contributed by atoms with Crippen LogP contribution in [0.2, 0.25) is 5.02 Å². The molecule has 0 spiro atoms. The zero-order chi connectivity index (χ0) is 22.7. The number of hydrogen-bond acceptors (Lipinski definition) is 4. The average Bonchev–Trinajstić information content (AvgIpc) is 3.00. The Bertz CT molecular complexity index is 1200. The fraction of sp³-hybridized carbons (Fsp3) is 0.136. The largest absolute Gasteiger partial charge is 0.496 e. The van der Waals surface area contributed by atoms with Crippen LogP contribution in [-0.4, -0.2) is 34.9 Å². The lowest BCUT2D eigenvalue weighted by atomic mass is 10.2. The van der Waals surface area contributed by atoms with Gasteiger partial charge < -0.3 is 14.4 Å². The van der Waals surface area contributed by atoms with Gasteiger partial charge in [-0.2, -0.15) is 5.10 Å². The number of amides is 1. The van der Waals surface area contributed by atoms with Crippen LogP contribution in [0.15, 0.2) is 52.0 Å². The van der Waals surface area contributed by atoms with Gasteiger partial charge in [-0.25, -0.2) is 10.2 Å². The van der Waals surface area contributed by atoms with Crippen molar-refractivity contribution in [1.82, 2.24) is 9.99 Å². The van der Waals surface area contributed by atoms with Crippen molar-refractivity contribution < 1.29 is 19.4 Å². The number of nitrogens with one attached hydrogen (secondary N) is 1. The van der Waals surface area contributed by atoms with Gasteiger partial charge in [0.25, 0.3) is 5.91 Å². The van der Waals surface area contributed by atoms with Gasteiger partial charge in [-0.15, -0.1) is 0 Å². The normalized spacial score (nSPS) is 11.0. The van der Waals surface area contributed by atoms with Crippen LogP contribution >= 0.6 is 27.5 Å². The predicted octanol–water partition coefficient (Wildman–Crippen LogP) is 4.98. The van der Waals surface area contributed by atoms with E-state index in [0.717, 1.165) is 27.1 Å². The molecule has 1 heterocycles. The summed E-state index contributed by atoms with van der Waals surface area (Å²) in [6.07, 6.45) is 1.55. The number of hydrazone groups is 1. The van der Waals surface area contributed by atoms with Gasteiger partial charge in [0.05, 0.1) is 29.5 Å². The highest BCUT2D eigenvalue weighted by molar-refractivity contribution is 9.10. The van der Waals surface area contributed by atoms with E-state index in [4.69, 9.17) is 21.4 Å². The summed E-state index contributed by atoms with van der Waals surface area (Å²) in [4.78, 5) is 23.7. The number of carbonyl (C=O) groups is 2. The Labute approximate surface area is 192 Å². The molecule has 0 unspecified atom stereocenters. The number of rotatable bonds is 6. The molecule has 1 aromatic heterocycles. The first-order valence-corrected chi connectivity index (χ1v) is 10.3. The van der Waals surface area contributed by atoms with Crippen LogP contribution in [0, 0.1) is 13.8 Å². The molecule has 2 aromatic carbocycles. The molecule has 3 aromatic rings. The highest BCUT2D eigenvalue weighted by Gasteiger charge is 2.15. The molecule has 7 nitrogen and oxygen atoms in total. The number of nitrogens with zero attached hydrogens (tertiary/aromatic N) is 2. The molecule has 0 aliphatic rings. The van der Waals surface area contributed by atoms with Crippen LogP contribution in [0.25, 0.3) is 5.69 Å². The Morgan fingerprint density at radius 2 is 1.90 bits per heavy atom. The third-order valence-corrected chi connectivity index (χ3v) is 5.49. The highest BCUT2D eigenvalue weighted by Crippen LogP contribution is 2.25. The van der Waals surface area contributed by atoms with Gasteiger partial charge in [0.15, 0.2) is 0 Å². The maximum atomic E-state index is 12.5. The van der Waals surface area contributed by atoms with Crippen LogP contribution in [0.1, 0.15) is 37.7 Å². The van der Waals surface area contributed by atoms with Crippen molar-refractivity contribution >= 4 is 45.6 Å². The number of carboxylic acids is 1. The van der Waals surface area contributed by atoms with Gasteiger partial charge in [0, 0.05) is 27.1 Å². The minimum atomic E-state index is -1.08. The molecule has 2 N–H and O–H groups in total. The lowest BCUT2D eigenvalue weighted by Crippen LogP contribution is -2.18. The van der Waals surface area contributed by atoms with Crippen molar-refractivity contribution in [3.63, 3.8) is 0 Å². The van der Waals surface area contributed by atoms with Gasteiger partial charge >= 0.3 is 5.97 Å². The summed E-state index contributed by atoms with van der Waals surface area (Å²) in [5.41, 5.74) is 6.18. The predicted molar refractivity (Wildman–Crippen MR) is 123 cm³/mol. The minimum Gasteiger partial charge on any atom is -0.496 e. The molecule has 0 atom stereocenters. The van der Waals surface area contributed by atoms with E-state index < -0.39 is 11.9 Å². The average molecular weight is 505 g/mol. The Hall–Kier alpha value is -3.10. The lowest BCUT2D eigenvalue weighted by molar-refractivity contribution is 0.0696. The number of aromatic carboxylic acids is 1. The summed E-state index contributed by atoms with van der Waals surface area (Å²) in [7, 11) is 1.49. The van der Waals surface area contributed by atoms with E-state index >= 15 is 0 Å². The van der Waals surface area contributed by atoms with Crippen LogP contribution in [-0.2, 0) is 0 Å². The summed E-state index contributed by atoms with van der Waals surface area (Å²) in [6, 6.07) is 11.8. The van der Waals surface area contributed by atoms with E-state index in [0.29, 0.717) is 11.3 Å². The smallest absolute Gasteiger partial charge is 0.337 e. The first kappa shape index (κ1) is 22.6. The SMILES string of the molecule is COc1ccc(Br)cc1C(=O)N/N=C\c1cc(C)n(-c2ccc(C(=O)O)c(Cl)c2)c1C. The van der Waals surface area contributed by atoms with E-state index in [2.05, 4.69) is 26.5 Å². The standard InChI is InChI=1S/C22H19BrClN3O4/c1-12-8-14(11-25-26-21(28)18-9-15(23)4-7-20(18)31-3)13(2)27(12)16-5-6-17(22(29)30)19(24)10-16/h4-11H,1-3H3,(H,26,28)(H,29,30)/b25-11-. The molecule has 0 aliphatic heterocycles. The minimum absolute atomic E-state index is 0.0420. The Kier molecular flexibility index (Phi) is 6.82. The molecule has 31 heavy (non-hydrogen) atoms. The highest BCUT2D eigenvalue weighted by atomic mass is 79.9. The number of methoxy groups -OCH3 is 1. The first-order chi connectivity index (χ1) is 14.7. The molecular formula is C22H19BrClN3O4. The first-order valence-electron chi connectivity index (χ1n) is 9.12. The zero-order valence-corrected chi connectivity index (χ0v) is 19.3. The Balaban J connectivity index is 1.84. The molecule has 9 heteroatoms. The molecule has 0 fully saturated rings. The lowest BCUT2D eigenvalue weighted by Gasteiger charge is -2.11. The number of halogens is 2. The molecular weight excluding hydrogens is 486 g/mol. The van der Waals surface area contributed by atoms with E-state index in [9.17, 15) is 9.59 Å². The van der Waals surface area contributed by atoms with Gasteiger partial charge in [-0.05, 0) is 56.3 Å². The van der Waals surface area contributed by atoms with Crippen molar-refractivity contribution in [2.75, 3.05) is 7.11 Å². The number of ether oxygens (including phenoxy) is 1. The number of benzene rings is 2. The fourth-order valence-electron chi connectivity index (χ4n) is 3.21. The second-order valence-corrected chi connectivity index (χ2v) is 8.00. The van der Waals surface area contributed by atoms with Crippen molar-refractivity contribution in [3.05, 3.63) is 80.0 Å². The monoisotopic (exact) mass is 503 g/mol. The van der Waals surface area contributed by atoms with Crippen LogP contribution < -0.4 is 10.2 Å². The van der Waals surface area contributed by atoms with Gasteiger partial charge in [0.1, 0.15) is 5.75 Å². The summed E-state index contributed by atoms with van der Waals surface area (Å²) >= 11 is 9.46. The summed E-state index contributed by atoms with van der Waals surface area (Å²) in [6.45, 7) is 3.81. The maximum absolute atomic E-state index is 12.5. The second kappa shape index (κ2) is 9.36. The van der Waals surface area contributed by atoms with Crippen molar-refractivity contribution in [2.24, 2.45) is 5.10 Å². The zero-order valence-electron chi connectivity index (χ0n) is 16.9. The molecule has 0 aliphatic carbocycles. The number of hydrogen-bond donors (Lipinski definition) is 2. The van der Waals surface area contributed by atoms with E-state index in [1.54, 1.807) is 36.5 Å². The van der Waals surface area contributed by atoms with E-state index in [-0.39, 0.29) is 10.6 Å². The molecule has 0 bridgehead atoms. The number of aromatic nitrogens is 1. The molecule has 160 valence electrons.